The first-order valence-electron chi connectivity index (χ1n) is 6.12. The van der Waals surface area contributed by atoms with Gasteiger partial charge in [-0.15, -0.1) is 0 Å². The third kappa shape index (κ3) is 5.06. The molecule has 2 saturated heterocycles. The van der Waals surface area contributed by atoms with Crippen LogP contribution >= 0.6 is 0 Å². The van der Waals surface area contributed by atoms with E-state index >= 15 is 0 Å². The Morgan fingerprint density at radius 3 is 1.89 bits per heavy atom. The van der Waals surface area contributed by atoms with Crippen molar-refractivity contribution in [3.63, 3.8) is 0 Å². The Kier molecular flexibility index (Phi) is 5.59. The predicted molar refractivity (Wildman–Crippen MR) is 60.5 cm³/mol. The van der Waals surface area contributed by atoms with Gasteiger partial charge in [0.1, 0.15) is 0 Å². The molecular formula is C11H17F3N2O3. The Morgan fingerprint density at radius 2 is 1.58 bits per heavy atom. The van der Waals surface area contributed by atoms with E-state index in [1.54, 1.807) is 0 Å². The largest absolute Gasteiger partial charge is 0.490 e. The molecule has 0 saturated carbocycles. The van der Waals surface area contributed by atoms with Gasteiger partial charge in [0.2, 0.25) is 5.91 Å². The number of carboxylic acids is 1. The van der Waals surface area contributed by atoms with E-state index in [1.807, 2.05) is 4.90 Å². The highest BCUT2D eigenvalue weighted by molar-refractivity contribution is 5.80. The maximum atomic E-state index is 11.7. The fourth-order valence-electron chi connectivity index (χ4n) is 1.84. The number of halogens is 3. The fourth-order valence-corrected chi connectivity index (χ4v) is 1.84. The van der Waals surface area contributed by atoms with Crippen LogP contribution in [0.4, 0.5) is 13.2 Å². The first kappa shape index (κ1) is 15.7. The Bertz CT molecular complexity index is 324. The minimum atomic E-state index is -5.08. The van der Waals surface area contributed by atoms with Crippen molar-refractivity contribution >= 4 is 11.9 Å². The van der Waals surface area contributed by atoms with E-state index < -0.39 is 12.1 Å². The SMILES string of the molecule is O=C(C1CNC1)N1CCCCC1.O=C(O)C(F)(F)F. The molecule has 19 heavy (non-hydrogen) atoms. The topological polar surface area (TPSA) is 69.6 Å². The van der Waals surface area contributed by atoms with Crippen LogP contribution in [0.3, 0.4) is 0 Å². The van der Waals surface area contributed by atoms with Gasteiger partial charge in [-0.2, -0.15) is 13.2 Å². The van der Waals surface area contributed by atoms with Crippen LogP contribution in [0.2, 0.25) is 0 Å². The van der Waals surface area contributed by atoms with E-state index in [9.17, 15) is 18.0 Å². The molecule has 0 aromatic rings. The number of carboxylic acid groups (broad SMARTS) is 1. The molecule has 0 atom stereocenters. The molecule has 2 fully saturated rings. The zero-order valence-electron chi connectivity index (χ0n) is 10.4. The van der Waals surface area contributed by atoms with Gasteiger partial charge in [-0.1, -0.05) is 0 Å². The van der Waals surface area contributed by atoms with E-state index in [0.29, 0.717) is 11.8 Å². The maximum Gasteiger partial charge on any atom is 0.490 e. The van der Waals surface area contributed by atoms with Gasteiger partial charge in [-0.3, -0.25) is 4.79 Å². The molecule has 110 valence electrons. The number of hydrogen-bond donors (Lipinski definition) is 2. The van der Waals surface area contributed by atoms with Gasteiger partial charge < -0.3 is 15.3 Å². The zero-order chi connectivity index (χ0) is 14.5. The van der Waals surface area contributed by atoms with Crippen LogP contribution in [0.5, 0.6) is 0 Å². The van der Waals surface area contributed by atoms with Crippen LogP contribution in [0.1, 0.15) is 19.3 Å². The number of aliphatic carboxylic acids is 1. The molecule has 0 aromatic heterocycles. The number of amides is 1. The van der Waals surface area contributed by atoms with E-state index in [2.05, 4.69) is 5.32 Å². The quantitative estimate of drug-likeness (QED) is 0.748. The van der Waals surface area contributed by atoms with Gasteiger partial charge in [0, 0.05) is 26.2 Å². The summed E-state index contributed by atoms with van der Waals surface area (Å²) in [5, 5.41) is 10.3. The molecule has 2 N–H and O–H groups in total. The second-order valence-electron chi connectivity index (χ2n) is 4.54. The summed E-state index contributed by atoms with van der Waals surface area (Å²) in [5.74, 6) is -2.08. The molecule has 0 unspecified atom stereocenters. The van der Waals surface area contributed by atoms with Crippen molar-refractivity contribution in [2.24, 2.45) is 5.92 Å². The van der Waals surface area contributed by atoms with Crippen LogP contribution in [0.25, 0.3) is 0 Å². The summed E-state index contributed by atoms with van der Waals surface area (Å²) >= 11 is 0. The van der Waals surface area contributed by atoms with Crippen molar-refractivity contribution in [1.29, 1.82) is 0 Å². The van der Waals surface area contributed by atoms with Crippen molar-refractivity contribution in [2.45, 2.75) is 25.4 Å². The third-order valence-electron chi connectivity index (χ3n) is 3.04. The van der Waals surface area contributed by atoms with Crippen LogP contribution in [0.15, 0.2) is 0 Å². The number of rotatable bonds is 1. The summed E-state index contributed by atoms with van der Waals surface area (Å²) in [6.07, 6.45) is -1.38. The molecule has 0 aliphatic carbocycles. The van der Waals surface area contributed by atoms with Crippen LogP contribution < -0.4 is 5.32 Å². The third-order valence-corrected chi connectivity index (χ3v) is 3.04. The lowest BCUT2D eigenvalue weighted by atomic mass is 10.00. The van der Waals surface area contributed by atoms with Crippen molar-refractivity contribution in [3.8, 4) is 0 Å². The summed E-state index contributed by atoms with van der Waals surface area (Å²) in [6.45, 7) is 3.79. The highest BCUT2D eigenvalue weighted by atomic mass is 19.4. The highest BCUT2D eigenvalue weighted by Gasteiger charge is 2.38. The van der Waals surface area contributed by atoms with Crippen LogP contribution in [0, 0.1) is 5.92 Å². The zero-order valence-corrected chi connectivity index (χ0v) is 10.4. The van der Waals surface area contributed by atoms with Gasteiger partial charge in [-0.25, -0.2) is 4.79 Å². The predicted octanol–water partition coefficient (Wildman–Crippen LogP) is 0.852. The van der Waals surface area contributed by atoms with E-state index in [0.717, 1.165) is 26.2 Å². The number of alkyl halides is 3. The van der Waals surface area contributed by atoms with Crippen molar-refractivity contribution < 1.29 is 27.9 Å². The molecule has 0 spiro atoms. The maximum absolute atomic E-state index is 11.7. The monoisotopic (exact) mass is 282 g/mol. The minimum Gasteiger partial charge on any atom is -0.475 e. The number of carbonyl (C=O) groups excluding carboxylic acids is 1. The number of nitrogens with zero attached hydrogens (tertiary/aromatic N) is 1. The van der Waals surface area contributed by atoms with Gasteiger partial charge in [-0.05, 0) is 19.3 Å². The summed E-state index contributed by atoms with van der Waals surface area (Å²) < 4.78 is 31.7. The lowest BCUT2D eigenvalue weighted by Gasteiger charge is -2.34. The molecule has 0 radical (unpaired) electrons. The second kappa shape index (κ2) is 6.74. The fraction of sp³-hybridized carbons (Fsp3) is 0.818. The summed E-state index contributed by atoms with van der Waals surface area (Å²) in [6, 6.07) is 0. The Balaban J connectivity index is 0.000000224. The Hall–Kier alpha value is -1.31. The Labute approximate surface area is 108 Å². The number of hydrogen-bond acceptors (Lipinski definition) is 3. The molecular weight excluding hydrogens is 265 g/mol. The molecule has 1 amide bonds. The first-order chi connectivity index (χ1) is 8.82. The lowest BCUT2D eigenvalue weighted by molar-refractivity contribution is -0.192. The lowest BCUT2D eigenvalue weighted by Crippen LogP contribution is -2.52. The van der Waals surface area contributed by atoms with Gasteiger partial charge in [0.25, 0.3) is 0 Å². The Morgan fingerprint density at radius 1 is 1.11 bits per heavy atom. The average molecular weight is 282 g/mol. The smallest absolute Gasteiger partial charge is 0.475 e. The van der Waals surface area contributed by atoms with Crippen LogP contribution in [-0.2, 0) is 9.59 Å². The number of piperidine rings is 1. The van der Waals surface area contributed by atoms with Gasteiger partial charge in [0.05, 0.1) is 5.92 Å². The molecule has 5 nitrogen and oxygen atoms in total. The number of carbonyl (C=O) groups is 2. The van der Waals surface area contributed by atoms with Gasteiger partial charge >= 0.3 is 12.1 Å². The van der Waals surface area contributed by atoms with Crippen molar-refractivity contribution in [2.75, 3.05) is 26.2 Å². The second-order valence-corrected chi connectivity index (χ2v) is 4.54. The number of likely N-dealkylation sites (tertiary alicyclic amines) is 1. The van der Waals surface area contributed by atoms with E-state index in [4.69, 9.17) is 9.90 Å². The normalized spacial score (nSPS) is 20.1. The molecule has 0 aromatic carbocycles. The summed E-state index contributed by atoms with van der Waals surface area (Å²) in [7, 11) is 0. The first-order valence-corrected chi connectivity index (χ1v) is 6.12. The minimum absolute atomic E-state index is 0.295. The van der Waals surface area contributed by atoms with E-state index in [1.165, 1.54) is 19.3 Å². The highest BCUT2D eigenvalue weighted by Crippen LogP contribution is 2.14. The molecule has 2 rings (SSSR count). The summed E-state index contributed by atoms with van der Waals surface area (Å²) in [5.41, 5.74) is 0. The number of nitrogens with one attached hydrogen (secondary N) is 1. The molecule has 0 bridgehead atoms. The standard InChI is InChI=1S/C9H16N2O.C2HF3O2/c12-9(8-6-10-7-8)11-4-2-1-3-5-11;3-2(4,5)1(6)7/h8,10H,1-7H2;(H,6,7). The molecule has 2 heterocycles. The van der Waals surface area contributed by atoms with Crippen molar-refractivity contribution in [3.05, 3.63) is 0 Å². The van der Waals surface area contributed by atoms with Crippen LogP contribution in [-0.4, -0.2) is 54.2 Å². The van der Waals surface area contributed by atoms with Crippen molar-refractivity contribution in [1.82, 2.24) is 10.2 Å². The molecule has 2 aliphatic heterocycles. The molecule has 2 aliphatic rings. The summed E-state index contributed by atoms with van der Waals surface area (Å²) in [4.78, 5) is 22.6. The molecule has 8 heteroatoms. The van der Waals surface area contributed by atoms with E-state index in [-0.39, 0.29) is 0 Å². The average Bonchev–Trinajstić information content (AvgIpc) is 2.27. The van der Waals surface area contributed by atoms with Gasteiger partial charge in [0.15, 0.2) is 0 Å².